The fourth-order valence-electron chi connectivity index (χ4n) is 3.74. The summed E-state index contributed by atoms with van der Waals surface area (Å²) in [6.45, 7) is 0.596. The molecular weight excluding hydrogens is 392 g/mol. The van der Waals surface area contributed by atoms with Crippen LogP contribution in [-0.2, 0) is 6.54 Å². The van der Waals surface area contributed by atoms with E-state index in [1.54, 1.807) is 18.4 Å². The van der Waals surface area contributed by atoms with Gasteiger partial charge in [0.1, 0.15) is 5.75 Å². The molecule has 0 atom stereocenters. The summed E-state index contributed by atoms with van der Waals surface area (Å²) in [5, 5.41) is 2.94. The number of hydrogen-bond donors (Lipinski definition) is 0. The van der Waals surface area contributed by atoms with E-state index in [1.807, 2.05) is 77.0 Å². The van der Waals surface area contributed by atoms with E-state index in [0.717, 1.165) is 51.2 Å². The van der Waals surface area contributed by atoms with Crippen molar-refractivity contribution >= 4 is 28.1 Å². The molecule has 0 saturated heterocycles. The molecule has 4 nitrogen and oxygen atoms in total. The topological polar surface area (TPSA) is 42.4 Å². The van der Waals surface area contributed by atoms with Crippen molar-refractivity contribution in [1.29, 1.82) is 0 Å². The molecule has 30 heavy (non-hydrogen) atoms. The van der Waals surface area contributed by atoms with E-state index in [2.05, 4.69) is 0 Å². The number of pyridine rings is 1. The zero-order valence-electron chi connectivity index (χ0n) is 16.7. The minimum absolute atomic E-state index is 0.0738. The van der Waals surface area contributed by atoms with Gasteiger partial charge in [0.25, 0.3) is 5.91 Å². The highest BCUT2D eigenvalue weighted by Gasteiger charge is 2.34. The molecule has 150 valence electrons. The third-order valence-electron chi connectivity index (χ3n) is 5.48. The second-order valence-electron chi connectivity index (χ2n) is 7.56. The number of benzene rings is 2. The normalized spacial score (nSPS) is 13.4. The summed E-state index contributed by atoms with van der Waals surface area (Å²) in [5.41, 5.74) is 3.54. The fraction of sp³-hybridized carbons (Fsp3) is 0.200. The van der Waals surface area contributed by atoms with Crippen molar-refractivity contribution in [1.82, 2.24) is 9.88 Å². The lowest BCUT2D eigenvalue weighted by atomic mass is 10.0. The molecule has 5 rings (SSSR count). The lowest BCUT2D eigenvalue weighted by Crippen LogP contribution is -2.32. The molecule has 2 aromatic carbocycles. The van der Waals surface area contributed by atoms with Gasteiger partial charge in [-0.05, 0) is 54.1 Å². The number of para-hydroxylation sites is 1. The van der Waals surface area contributed by atoms with Gasteiger partial charge in [0.05, 0.1) is 28.8 Å². The van der Waals surface area contributed by atoms with Crippen molar-refractivity contribution in [3.8, 4) is 16.3 Å². The van der Waals surface area contributed by atoms with Gasteiger partial charge in [-0.25, -0.2) is 4.98 Å². The van der Waals surface area contributed by atoms with Gasteiger partial charge in [-0.2, -0.15) is 0 Å². The molecule has 5 heteroatoms. The van der Waals surface area contributed by atoms with E-state index < -0.39 is 0 Å². The first-order valence-corrected chi connectivity index (χ1v) is 11.0. The van der Waals surface area contributed by atoms with Crippen LogP contribution in [0.15, 0.2) is 72.1 Å². The number of rotatable bonds is 6. The van der Waals surface area contributed by atoms with Crippen molar-refractivity contribution in [2.75, 3.05) is 7.11 Å². The van der Waals surface area contributed by atoms with E-state index in [4.69, 9.17) is 9.72 Å². The van der Waals surface area contributed by atoms with Crippen LogP contribution in [0.3, 0.4) is 0 Å². The Balaban J connectivity index is 1.54. The quantitative estimate of drug-likeness (QED) is 0.402. The van der Waals surface area contributed by atoms with Crippen LogP contribution in [-0.4, -0.2) is 28.9 Å². The lowest BCUT2D eigenvalue weighted by molar-refractivity contribution is 0.0732. The minimum Gasteiger partial charge on any atom is -0.497 e. The summed E-state index contributed by atoms with van der Waals surface area (Å²) in [6.07, 6.45) is 2.12. The van der Waals surface area contributed by atoms with Gasteiger partial charge in [-0.3, -0.25) is 4.79 Å². The molecule has 1 aliphatic rings. The standard InChI is InChI=1S/C25H22N2O2S/c1-29-19-12-8-17(9-13-19)16-27(18-10-11-18)25(28)21-15-23(24-7-4-14-30-24)26-22-6-3-2-5-20(21)22/h2-9,12-15,18H,10-11,16H2,1H3. The molecule has 0 radical (unpaired) electrons. The Labute approximate surface area is 179 Å². The third kappa shape index (κ3) is 3.68. The van der Waals surface area contributed by atoms with Gasteiger partial charge in [0.2, 0.25) is 0 Å². The highest BCUT2D eigenvalue weighted by atomic mass is 32.1. The minimum atomic E-state index is 0.0738. The molecule has 2 heterocycles. The van der Waals surface area contributed by atoms with Crippen LogP contribution in [0, 0.1) is 0 Å². The second-order valence-corrected chi connectivity index (χ2v) is 8.51. The highest BCUT2D eigenvalue weighted by Crippen LogP contribution is 2.33. The number of fused-ring (bicyclic) bond motifs is 1. The maximum Gasteiger partial charge on any atom is 0.255 e. The van der Waals surface area contributed by atoms with Crippen LogP contribution in [0.25, 0.3) is 21.5 Å². The van der Waals surface area contributed by atoms with Gasteiger partial charge in [0.15, 0.2) is 0 Å². The first-order chi connectivity index (χ1) is 14.7. The van der Waals surface area contributed by atoms with Crippen LogP contribution in [0.1, 0.15) is 28.8 Å². The Morgan fingerprint density at radius 2 is 1.90 bits per heavy atom. The van der Waals surface area contributed by atoms with Crippen molar-refractivity contribution in [3.63, 3.8) is 0 Å². The third-order valence-corrected chi connectivity index (χ3v) is 6.37. The molecule has 2 aromatic heterocycles. The molecule has 1 amide bonds. The summed E-state index contributed by atoms with van der Waals surface area (Å²) in [5.74, 6) is 0.897. The highest BCUT2D eigenvalue weighted by molar-refractivity contribution is 7.13. The van der Waals surface area contributed by atoms with E-state index in [0.29, 0.717) is 12.6 Å². The number of carbonyl (C=O) groups is 1. The Morgan fingerprint density at radius 3 is 2.60 bits per heavy atom. The fourth-order valence-corrected chi connectivity index (χ4v) is 4.42. The summed E-state index contributed by atoms with van der Waals surface area (Å²) < 4.78 is 5.26. The Kier molecular flexibility index (Phi) is 4.97. The van der Waals surface area contributed by atoms with Crippen LogP contribution >= 0.6 is 11.3 Å². The molecule has 1 saturated carbocycles. The average Bonchev–Trinajstić information content (AvgIpc) is 3.49. The molecule has 0 bridgehead atoms. The van der Waals surface area contributed by atoms with Crippen molar-refractivity contribution in [2.24, 2.45) is 0 Å². The largest absolute Gasteiger partial charge is 0.497 e. The predicted molar refractivity (Wildman–Crippen MR) is 121 cm³/mol. The van der Waals surface area contributed by atoms with E-state index in [-0.39, 0.29) is 5.91 Å². The number of thiophene rings is 1. The van der Waals surface area contributed by atoms with Crippen molar-refractivity contribution in [2.45, 2.75) is 25.4 Å². The zero-order chi connectivity index (χ0) is 20.5. The molecule has 0 unspecified atom stereocenters. The summed E-state index contributed by atoms with van der Waals surface area (Å²) >= 11 is 1.64. The predicted octanol–water partition coefficient (Wildman–Crippen LogP) is 5.78. The number of methoxy groups -OCH3 is 1. The first kappa shape index (κ1) is 18.8. The summed E-state index contributed by atoms with van der Waals surface area (Å²) in [7, 11) is 1.66. The van der Waals surface area contributed by atoms with Gasteiger partial charge in [-0.1, -0.05) is 36.4 Å². The Morgan fingerprint density at radius 1 is 1.10 bits per heavy atom. The Bertz CT molecular complexity index is 1180. The zero-order valence-corrected chi connectivity index (χ0v) is 17.6. The van der Waals surface area contributed by atoms with Gasteiger partial charge < -0.3 is 9.64 Å². The summed E-state index contributed by atoms with van der Waals surface area (Å²) in [6, 6.07) is 22.2. The average molecular weight is 415 g/mol. The lowest BCUT2D eigenvalue weighted by Gasteiger charge is -2.24. The van der Waals surface area contributed by atoms with E-state index in [9.17, 15) is 4.79 Å². The van der Waals surface area contributed by atoms with E-state index >= 15 is 0 Å². The SMILES string of the molecule is COc1ccc(CN(C(=O)c2cc(-c3cccs3)nc3ccccc23)C2CC2)cc1. The van der Waals surface area contributed by atoms with Crippen molar-refractivity contribution in [3.05, 3.63) is 83.2 Å². The number of aromatic nitrogens is 1. The molecule has 1 aliphatic carbocycles. The summed E-state index contributed by atoms with van der Waals surface area (Å²) in [4.78, 5) is 21.7. The molecule has 0 aliphatic heterocycles. The van der Waals surface area contributed by atoms with Gasteiger partial charge in [0, 0.05) is 18.0 Å². The number of ether oxygens (including phenoxy) is 1. The van der Waals surface area contributed by atoms with Crippen LogP contribution in [0.2, 0.25) is 0 Å². The maximum atomic E-state index is 13.8. The first-order valence-electron chi connectivity index (χ1n) is 10.1. The van der Waals surface area contributed by atoms with Crippen LogP contribution < -0.4 is 4.74 Å². The van der Waals surface area contributed by atoms with E-state index in [1.165, 1.54) is 0 Å². The van der Waals surface area contributed by atoms with Crippen LogP contribution in [0.5, 0.6) is 5.75 Å². The van der Waals surface area contributed by atoms with Gasteiger partial charge in [-0.15, -0.1) is 11.3 Å². The van der Waals surface area contributed by atoms with Crippen molar-refractivity contribution < 1.29 is 9.53 Å². The van der Waals surface area contributed by atoms with Gasteiger partial charge >= 0.3 is 0 Å². The second kappa shape index (κ2) is 7.92. The number of hydrogen-bond acceptors (Lipinski definition) is 4. The Hall–Kier alpha value is -3.18. The maximum absolute atomic E-state index is 13.8. The number of nitrogens with zero attached hydrogens (tertiary/aromatic N) is 2. The molecule has 0 spiro atoms. The molecule has 4 aromatic rings. The van der Waals surface area contributed by atoms with Crippen LogP contribution in [0.4, 0.5) is 0 Å². The molecule has 0 N–H and O–H groups in total. The monoisotopic (exact) mass is 414 g/mol. The number of amides is 1. The molecular formula is C25H22N2O2S. The smallest absolute Gasteiger partial charge is 0.255 e. The number of carbonyl (C=O) groups excluding carboxylic acids is 1. The molecule has 1 fully saturated rings.